The molecule has 0 radical (unpaired) electrons. The average Bonchev–Trinajstić information content (AvgIpc) is 3.40. The number of hydrogen-bond acceptors (Lipinski definition) is 7. The fraction of sp³-hybridized carbons (Fsp3) is 0.650. The molecule has 10 heteroatoms. The Hall–Kier alpha value is -2.75. The predicted octanol–water partition coefficient (Wildman–Crippen LogP) is 1.36. The van der Waals surface area contributed by atoms with Crippen molar-refractivity contribution in [3.63, 3.8) is 0 Å². The van der Waals surface area contributed by atoms with E-state index in [4.69, 9.17) is 5.73 Å². The number of rotatable bonds is 6. The van der Waals surface area contributed by atoms with Gasteiger partial charge in [-0.05, 0) is 31.1 Å². The first-order chi connectivity index (χ1) is 14.3. The van der Waals surface area contributed by atoms with Crippen LogP contribution in [0.2, 0.25) is 0 Å². The molecule has 3 atom stereocenters. The minimum atomic E-state index is -0.860. The van der Waals surface area contributed by atoms with E-state index >= 15 is 0 Å². The first kappa shape index (κ1) is 20.5. The van der Waals surface area contributed by atoms with E-state index in [1.54, 1.807) is 22.8 Å². The second-order valence-corrected chi connectivity index (χ2v) is 8.74. The lowest BCUT2D eigenvalue weighted by atomic mass is 9.79. The topological polar surface area (TPSA) is 147 Å². The van der Waals surface area contributed by atoms with Crippen molar-refractivity contribution in [3.05, 3.63) is 12.7 Å². The zero-order valence-electron chi connectivity index (χ0n) is 17.1. The highest BCUT2D eigenvalue weighted by atomic mass is 16.4. The molecule has 4 N–H and O–H groups in total. The van der Waals surface area contributed by atoms with Crippen molar-refractivity contribution in [2.45, 2.75) is 69.6 Å². The number of nitrogen functional groups attached to an aromatic ring is 1. The van der Waals surface area contributed by atoms with Gasteiger partial charge in [-0.25, -0.2) is 15.0 Å². The molecule has 0 bridgehead atoms. The van der Waals surface area contributed by atoms with Crippen molar-refractivity contribution < 1.29 is 19.8 Å². The van der Waals surface area contributed by atoms with Crippen LogP contribution in [0.25, 0.3) is 11.2 Å². The quantitative estimate of drug-likeness (QED) is 0.639. The number of aliphatic hydroxyl groups excluding tert-OH is 1. The average molecular weight is 416 g/mol. The Morgan fingerprint density at radius 2 is 1.97 bits per heavy atom. The number of hydrogen-bond donors (Lipinski definition) is 3. The van der Waals surface area contributed by atoms with Crippen LogP contribution >= 0.6 is 0 Å². The van der Waals surface area contributed by atoms with Crippen molar-refractivity contribution in [3.8, 4) is 0 Å². The van der Waals surface area contributed by atoms with Crippen molar-refractivity contribution in [1.29, 1.82) is 0 Å². The number of carbonyl (C=O) groups excluding carboxylic acids is 1. The number of nitrogens with zero attached hydrogens (tertiary/aromatic N) is 5. The second kappa shape index (κ2) is 7.82. The van der Waals surface area contributed by atoms with Crippen LogP contribution < -0.4 is 5.73 Å². The molecule has 0 aliphatic heterocycles. The Morgan fingerprint density at radius 1 is 1.23 bits per heavy atom. The van der Waals surface area contributed by atoms with Crippen molar-refractivity contribution in [2.75, 3.05) is 12.8 Å². The third-order valence-corrected chi connectivity index (χ3v) is 6.90. The minimum absolute atomic E-state index is 0.0184. The molecule has 2 saturated carbocycles. The fourth-order valence-corrected chi connectivity index (χ4v) is 5.27. The van der Waals surface area contributed by atoms with E-state index in [9.17, 15) is 19.8 Å². The molecule has 30 heavy (non-hydrogen) atoms. The Labute approximate surface area is 174 Å². The Morgan fingerprint density at radius 3 is 2.67 bits per heavy atom. The van der Waals surface area contributed by atoms with Gasteiger partial charge in [-0.1, -0.05) is 12.8 Å². The third kappa shape index (κ3) is 3.60. The summed E-state index contributed by atoms with van der Waals surface area (Å²) in [5, 5.41) is 20.3. The van der Waals surface area contributed by atoms with Crippen LogP contribution in [-0.2, 0) is 9.59 Å². The molecule has 2 aromatic heterocycles. The van der Waals surface area contributed by atoms with Crippen molar-refractivity contribution in [2.24, 2.45) is 5.41 Å². The summed E-state index contributed by atoms with van der Waals surface area (Å²) in [6, 6.07) is -0.619. The van der Waals surface area contributed by atoms with Gasteiger partial charge >= 0.3 is 5.97 Å². The van der Waals surface area contributed by atoms with Crippen LogP contribution in [0.4, 0.5) is 5.82 Å². The molecule has 2 aliphatic carbocycles. The van der Waals surface area contributed by atoms with Crippen LogP contribution in [0, 0.1) is 5.41 Å². The van der Waals surface area contributed by atoms with Gasteiger partial charge in [-0.3, -0.25) is 9.59 Å². The monoisotopic (exact) mass is 416 g/mol. The molecule has 4 rings (SSSR count). The number of imidazole rings is 1. The summed E-state index contributed by atoms with van der Waals surface area (Å²) < 4.78 is 1.80. The van der Waals surface area contributed by atoms with Crippen molar-refractivity contribution in [1.82, 2.24) is 24.4 Å². The van der Waals surface area contributed by atoms with E-state index in [2.05, 4.69) is 15.0 Å². The van der Waals surface area contributed by atoms with Gasteiger partial charge in [0.15, 0.2) is 11.5 Å². The molecule has 162 valence electrons. The highest BCUT2D eigenvalue weighted by Gasteiger charge is 2.43. The van der Waals surface area contributed by atoms with Crippen LogP contribution in [0.5, 0.6) is 0 Å². The van der Waals surface area contributed by atoms with Crippen LogP contribution in [0.1, 0.15) is 57.4 Å². The highest BCUT2D eigenvalue weighted by molar-refractivity contribution is 5.81. The maximum absolute atomic E-state index is 13.0. The lowest BCUT2D eigenvalue weighted by Crippen LogP contribution is -2.45. The zero-order valence-corrected chi connectivity index (χ0v) is 17.1. The summed E-state index contributed by atoms with van der Waals surface area (Å²) >= 11 is 0. The highest BCUT2D eigenvalue weighted by Crippen LogP contribution is 2.45. The number of aliphatic carboxylic acids is 1. The van der Waals surface area contributed by atoms with E-state index < -0.39 is 17.5 Å². The summed E-state index contributed by atoms with van der Waals surface area (Å²) in [6.45, 7) is 0. The van der Waals surface area contributed by atoms with Gasteiger partial charge in [0.05, 0.1) is 30.9 Å². The van der Waals surface area contributed by atoms with Crippen LogP contribution in [0.15, 0.2) is 12.7 Å². The maximum Gasteiger partial charge on any atom is 0.303 e. The number of aromatic nitrogens is 4. The summed E-state index contributed by atoms with van der Waals surface area (Å²) in [5.41, 5.74) is 6.45. The molecule has 10 nitrogen and oxygen atoms in total. The summed E-state index contributed by atoms with van der Waals surface area (Å²) in [4.78, 5) is 38.4. The molecular weight excluding hydrogens is 388 g/mol. The zero-order chi connectivity index (χ0) is 21.5. The second-order valence-electron chi connectivity index (χ2n) is 8.74. The first-order valence-corrected chi connectivity index (χ1v) is 10.4. The number of carbonyl (C=O) groups is 2. The van der Waals surface area contributed by atoms with Gasteiger partial charge in [0, 0.05) is 13.5 Å². The van der Waals surface area contributed by atoms with Gasteiger partial charge in [0.25, 0.3) is 0 Å². The number of fused-ring (bicyclic) bond motifs is 1. The number of carboxylic acids is 1. The summed E-state index contributed by atoms with van der Waals surface area (Å²) in [7, 11) is 1.70. The molecule has 2 aromatic rings. The Kier molecular flexibility index (Phi) is 5.35. The minimum Gasteiger partial charge on any atom is -0.481 e. The number of nitrogens with two attached hydrogens (primary N) is 1. The maximum atomic E-state index is 13.0. The first-order valence-electron chi connectivity index (χ1n) is 10.4. The molecule has 2 heterocycles. The summed E-state index contributed by atoms with van der Waals surface area (Å²) in [6.07, 6.45) is 7.15. The van der Waals surface area contributed by atoms with Gasteiger partial charge in [0.1, 0.15) is 11.8 Å². The van der Waals surface area contributed by atoms with E-state index in [1.165, 1.54) is 6.33 Å². The third-order valence-electron chi connectivity index (χ3n) is 6.90. The van der Waals surface area contributed by atoms with Gasteiger partial charge < -0.3 is 25.4 Å². The normalized spacial score (nSPS) is 25.6. The Bertz CT molecular complexity index is 954. The molecule has 1 amide bonds. The van der Waals surface area contributed by atoms with Gasteiger partial charge in [0.2, 0.25) is 5.91 Å². The van der Waals surface area contributed by atoms with E-state index in [-0.39, 0.29) is 36.7 Å². The predicted molar refractivity (Wildman–Crippen MR) is 108 cm³/mol. The number of amides is 1. The SMILES string of the molecule is CN(C(=O)CC1(CC(=O)O)CCCC1)[C@@H]1CC[C@H](n2cnc3c(N)ncnc32)[C@H]1O. The molecule has 0 unspecified atom stereocenters. The molecule has 0 saturated heterocycles. The standard InChI is InChI=1S/C20H28N6O4/c1-25(14(27)8-20(9-15(28)29)6-2-3-7-20)12-4-5-13(17(12)30)26-11-24-16-18(21)22-10-23-19(16)26/h10-13,17,30H,2-9H2,1H3,(H,28,29)(H2,21,22,23)/t12-,13+,17+/m1/s1. The Balaban J connectivity index is 1.48. The molecule has 0 spiro atoms. The fourth-order valence-electron chi connectivity index (χ4n) is 5.27. The summed E-state index contributed by atoms with van der Waals surface area (Å²) in [5.74, 6) is -0.679. The number of anilines is 1. The van der Waals surface area contributed by atoms with Crippen molar-refractivity contribution >= 4 is 28.9 Å². The van der Waals surface area contributed by atoms with E-state index in [1.807, 2.05) is 0 Å². The van der Waals surface area contributed by atoms with Gasteiger partial charge in [-0.2, -0.15) is 0 Å². The molecule has 2 fully saturated rings. The molecule has 0 aromatic carbocycles. The number of aliphatic hydroxyl groups is 1. The van der Waals surface area contributed by atoms with Gasteiger partial charge in [-0.15, -0.1) is 0 Å². The lowest BCUT2D eigenvalue weighted by Gasteiger charge is -2.33. The molecular formula is C20H28N6O4. The van der Waals surface area contributed by atoms with E-state index in [0.717, 1.165) is 25.7 Å². The van der Waals surface area contributed by atoms with Crippen LogP contribution in [0.3, 0.4) is 0 Å². The number of likely N-dealkylation sites (N-methyl/N-ethyl adjacent to an activating group) is 1. The molecule has 2 aliphatic rings. The van der Waals surface area contributed by atoms with E-state index in [0.29, 0.717) is 24.0 Å². The van der Waals surface area contributed by atoms with Crippen LogP contribution in [-0.4, -0.2) is 65.7 Å². The smallest absolute Gasteiger partial charge is 0.303 e. The lowest BCUT2D eigenvalue weighted by molar-refractivity contribution is -0.142. The number of carboxylic acid groups (broad SMARTS) is 1. The largest absolute Gasteiger partial charge is 0.481 e.